The van der Waals surface area contributed by atoms with E-state index in [4.69, 9.17) is 9.84 Å². The Morgan fingerprint density at radius 3 is 2.76 bits per heavy atom. The Kier molecular flexibility index (Phi) is 4.62. The Morgan fingerprint density at radius 2 is 2.14 bits per heavy atom. The molecule has 7 heteroatoms. The van der Waals surface area contributed by atoms with Gasteiger partial charge in [-0.05, 0) is 31.4 Å². The molecule has 1 aliphatic carbocycles. The molecular formula is C14H17FN2O4. The van der Waals surface area contributed by atoms with E-state index < -0.39 is 23.7 Å². The molecule has 0 aromatic heterocycles. The number of carbonyl (C=O) groups excluding carboxylic acids is 1. The Labute approximate surface area is 121 Å². The van der Waals surface area contributed by atoms with Gasteiger partial charge in [-0.3, -0.25) is 4.79 Å². The zero-order chi connectivity index (χ0) is 15.4. The maximum Gasteiger partial charge on any atom is 0.319 e. The van der Waals surface area contributed by atoms with Crippen LogP contribution in [0.5, 0.6) is 5.75 Å². The highest BCUT2D eigenvalue weighted by molar-refractivity contribution is 5.89. The zero-order valence-corrected chi connectivity index (χ0v) is 11.6. The van der Waals surface area contributed by atoms with Crippen LogP contribution in [0, 0.1) is 11.7 Å². The van der Waals surface area contributed by atoms with E-state index in [9.17, 15) is 14.0 Å². The van der Waals surface area contributed by atoms with E-state index in [2.05, 4.69) is 10.6 Å². The van der Waals surface area contributed by atoms with Gasteiger partial charge in [-0.15, -0.1) is 0 Å². The molecule has 114 valence electrons. The summed E-state index contributed by atoms with van der Waals surface area (Å²) in [7, 11) is 1.34. The average Bonchev–Trinajstić information content (AvgIpc) is 2.89. The molecule has 1 aliphatic rings. The summed E-state index contributed by atoms with van der Waals surface area (Å²) in [4.78, 5) is 22.7. The van der Waals surface area contributed by atoms with Gasteiger partial charge in [0.1, 0.15) is 0 Å². The lowest BCUT2D eigenvalue weighted by Gasteiger charge is -2.14. The molecular weight excluding hydrogens is 279 g/mol. The third-order valence-corrected chi connectivity index (χ3v) is 3.53. The number of nitrogens with one attached hydrogen (secondary N) is 2. The van der Waals surface area contributed by atoms with Crippen molar-refractivity contribution < 1.29 is 23.8 Å². The van der Waals surface area contributed by atoms with E-state index in [1.165, 1.54) is 25.3 Å². The molecule has 2 unspecified atom stereocenters. The van der Waals surface area contributed by atoms with Crippen LogP contribution in [-0.4, -0.2) is 30.3 Å². The first-order valence-corrected chi connectivity index (χ1v) is 6.63. The van der Waals surface area contributed by atoms with Gasteiger partial charge >= 0.3 is 12.0 Å². The molecule has 0 heterocycles. The maximum absolute atomic E-state index is 13.2. The zero-order valence-electron chi connectivity index (χ0n) is 11.6. The van der Waals surface area contributed by atoms with Crippen LogP contribution in [0.15, 0.2) is 18.2 Å². The molecule has 1 fully saturated rings. The maximum atomic E-state index is 13.2. The first-order valence-electron chi connectivity index (χ1n) is 6.63. The van der Waals surface area contributed by atoms with Crippen molar-refractivity contribution in [3.8, 4) is 5.75 Å². The molecule has 2 atom stereocenters. The summed E-state index contributed by atoms with van der Waals surface area (Å²) >= 11 is 0. The summed E-state index contributed by atoms with van der Waals surface area (Å²) < 4.78 is 18.1. The lowest BCUT2D eigenvalue weighted by molar-refractivity contribution is -0.141. The lowest BCUT2D eigenvalue weighted by atomic mass is 10.1. The topological polar surface area (TPSA) is 87.7 Å². The number of anilines is 1. The van der Waals surface area contributed by atoms with Crippen LogP contribution in [0.4, 0.5) is 14.9 Å². The third kappa shape index (κ3) is 3.84. The number of benzene rings is 1. The Hall–Kier alpha value is -2.31. The molecule has 0 aliphatic heterocycles. The van der Waals surface area contributed by atoms with Crippen LogP contribution in [0.2, 0.25) is 0 Å². The summed E-state index contributed by atoms with van der Waals surface area (Å²) in [5.74, 6) is -1.70. The van der Waals surface area contributed by atoms with Gasteiger partial charge in [-0.1, -0.05) is 0 Å². The van der Waals surface area contributed by atoms with Crippen molar-refractivity contribution in [1.29, 1.82) is 0 Å². The number of hydrogen-bond donors (Lipinski definition) is 3. The monoisotopic (exact) mass is 296 g/mol. The van der Waals surface area contributed by atoms with Gasteiger partial charge in [0, 0.05) is 17.8 Å². The standard InChI is InChI=1S/C14H17FN2O4/c1-21-12-7-10(4-5-11(12)15)17-14(20)16-9-3-2-8(6-9)13(18)19/h4-5,7-9H,2-3,6H2,1H3,(H,18,19)(H2,16,17,20). The molecule has 0 radical (unpaired) electrons. The van der Waals surface area contributed by atoms with Crippen LogP contribution in [0.3, 0.4) is 0 Å². The van der Waals surface area contributed by atoms with Crippen molar-refractivity contribution in [3.63, 3.8) is 0 Å². The molecule has 1 aromatic rings. The molecule has 6 nitrogen and oxygen atoms in total. The van der Waals surface area contributed by atoms with Crippen molar-refractivity contribution in [2.75, 3.05) is 12.4 Å². The quantitative estimate of drug-likeness (QED) is 0.795. The minimum Gasteiger partial charge on any atom is -0.494 e. The minimum atomic E-state index is -0.831. The van der Waals surface area contributed by atoms with Crippen molar-refractivity contribution in [3.05, 3.63) is 24.0 Å². The van der Waals surface area contributed by atoms with Gasteiger partial charge in [0.25, 0.3) is 0 Å². The smallest absolute Gasteiger partial charge is 0.319 e. The van der Waals surface area contributed by atoms with Crippen molar-refractivity contribution >= 4 is 17.7 Å². The average molecular weight is 296 g/mol. The van der Waals surface area contributed by atoms with Crippen molar-refractivity contribution in [1.82, 2.24) is 5.32 Å². The van der Waals surface area contributed by atoms with E-state index in [-0.39, 0.29) is 11.8 Å². The van der Waals surface area contributed by atoms with E-state index in [1.54, 1.807) is 0 Å². The van der Waals surface area contributed by atoms with Crippen LogP contribution in [-0.2, 0) is 4.79 Å². The summed E-state index contributed by atoms with van der Waals surface area (Å²) in [6.45, 7) is 0. The molecule has 0 bridgehead atoms. The number of ether oxygens (including phenoxy) is 1. The Bertz CT molecular complexity index is 550. The van der Waals surface area contributed by atoms with Crippen molar-refractivity contribution in [2.45, 2.75) is 25.3 Å². The summed E-state index contributed by atoms with van der Waals surface area (Å²) in [6.07, 6.45) is 1.62. The lowest BCUT2D eigenvalue weighted by Crippen LogP contribution is -2.36. The second kappa shape index (κ2) is 6.43. The molecule has 1 aromatic carbocycles. The molecule has 0 saturated heterocycles. The number of hydrogen-bond acceptors (Lipinski definition) is 3. The normalized spacial score (nSPS) is 20.9. The van der Waals surface area contributed by atoms with Gasteiger partial charge in [-0.25, -0.2) is 9.18 Å². The number of carboxylic acids is 1. The van der Waals surface area contributed by atoms with Crippen molar-refractivity contribution in [2.24, 2.45) is 5.92 Å². The van der Waals surface area contributed by atoms with E-state index in [0.717, 1.165) is 0 Å². The van der Waals surface area contributed by atoms with Crippen LogP contribution in [0.1, 0.15) is 19.3 Å². The highest BCUT2D eigenvalue weighted by Gasteiger charge is 2.30. The fourth-order valence-electron chi connectivity index (χ4n) is 2.43. The third-order valence-electron chi connectivity index (χ3n) is 3.53. The van der Waals surface area contributed by atoms with E-state index in [0.29, 0.717) is 24.9 Å². The van der Waals surface area contributed by atoms with Gasteiger partial charge in [-0.2, -0.15) is 0 Å². The summed E-state index contributed by atoms with van der Waals surface area (Å²) in [5.41, 5.74) is 0.401. The van der Waals surface area contributed by atoms with Crippen LogP contribution in [0.25, 0.3) is 0 Å². The van der Waals surface area contributed by atoms with Gasteiger partial charge < -0.3 is 20.5 Å². The SMILES string of the molecule is COc1cc(NC(=O)NC2CCC(C(=O)O)C2)ccc1F. The predicted octanol–water partition coefficient (Wildman–Crippen LogP) is 2.21. The highest BCUT2D eigenvalue weighted by atomic mass is 19.1. The van der Waals surface area contributed by atoms with Crippen LogP contribution >= 0.6 is 0 Å². The van der Waals surface area contributed by atoms with Gasteiger partial charge in [0.15, 0.2) is 11.6 Å². The molecule has 2 rings (SSSR count). The summed E-state index contributed by atoms with van der Waals surface area (Å²) in [5, 5.41) is 14.2. The van der Waals surface area contributed by atoms with Gasteiger partial charge in [0.2, 0.25) is 0 Å². The van der Waals surface area contributed by atoms with Crippen LogP contribution < -0.4 is 15.4 Å². The number of urea groups is 1. The fourth-order valence-corrected chi connectivity index (χ4v) is 2.43. The summed E-state index contributed by atoms with van der Waals surface area (Å²) in [6, 6.07) is 3.40. The second-order valence-electron chi connectivity index (χ2n) is 4.99. The minimum absolute atomic E-state index is 0.0413. The molecule has 3 N–H and O–H groups in total. The second-order valence-corrected chi connectivity index (χ2v) is 4.99. The van der Waals surface area contributed by atoms with E-state index >= 15 is 0 Å². The number of carboxylic acid groups (broad SMARTS) is 1. The number of amides is 2. The predicted molar refractivity (Wildman–Crippen MR) is 73.9 cm³/mol. The fraction of sp³-hybridized carbons (Fsp3) is 0.429. The number of rotatable bonds is 4. The Balaban J connectivity index is 1.89. The molecule has 0 spiro atoms. The largest absolute Gasteiger partial charge is 0.494 e. The number of methoxy groups -OCH3 is 1. The Morgan fingerprint density at radius 1 is 1.38 bits per heavy atom. The molecule has 2 amide bonds. The number of halogens is 1. The van der Waals surface area contributed by atoms with Gasteiger partial charge in [0.05, 0.1) is 13.0 Å². The highest BCUT2D eigenvalue weighted by Crippen LogP contribution is 2.26. The molecule has 1 saturated carbocycles. The first kappa shape index (κ1) is 15.1. The molecule has 21 heavy (non-hydrogen) atoms. The number of carbonyl (C=O) groups is 2. The first-order chi connectivity index (χ1) is 9.99. The van der Waals surface area contributed by atoms with E-state index in [1.807, 2.05) is 0 Å². The number of aliphatic carboxylic acids is 1.